The number of benzene rings is 1. The summed E-state index contributed by atoms with van der Waals surface area (Å²) in [5, 5.41) is 9.49. The summed E-state index contributed by atoms with van der Waals surface area (Å²) in [6.45, 7) is 9.51. The second-order valence-electron chi connectivity index (χ2n) is 5.86. The molecule has 0 bridgehead atoms. The molecule has 1 rings (SSSR count). The number of nitrogens with zero attached hydrogens (tertiary/aromatic N) is 1. The first-order valence-corrected chi connectivity index (χ1v) is 8.27. The Morgan fingerprint density at radius 2 is 1.62 bits per heavy atom. The van der Waals surface area contributed by atoms with Crippen LogP contribution in [-0.2, 0) is 0 Å². The van der Waals surface area contributed by atoms with Gasteiger partial charge in [0.2, 0.25) is 0 Å². The van der Waals surface area contributed by atoms with Crippen LogP contribution < -0.4 is 5.73 Å². The Hall–Kier alpha value is -0.900. The molecule has 3 nitrogen and oxygen atoms in total. The summed E-state index contributed by atoms with van der Waals surface area (Å²) in [4.78, 5) is 2.40. The van der Waals surface area contributed by atoms with Gasteiger partial charge in [-0.15, -0.1) is 0 Å². The van der Waals surface area contributed by atoms with E-state index in [9.17, 15) is 5.11 Å². The molecule has 3 heteroatoms. The van der Waals surface area contributed by atoms with Crippen molar-refractivity contribution in [2.24, 2.45) is 5.73 Å². The molecule has 0 aliphatic heterocycles. The normalized spacial score (nSPS) is 14.7. The third-order valence-corrected chi connectivity index (χ3v) is 4.42. The van der Waals surface area contributed by atoms with Gasteiger partial charge in [-0.1, -0.05) is 50.6 Å². The predicted octanol–water partition coefficient (Wildman–Crippen LogP) is 3.26. The van der Waals surface area contributed by atoms with E-state index in [0.717, 1.165) is 19.3 Å². The van der Waals surface area contributed by atoms with Crippen molar-refractivity contribution in [3.63, 3.8) is 0 Å². The average Bonchev–Trinajstić information content (AvgIpc) is 2.50. The zero-order valence-electron chi connectivity index (χ0n) is 14.0. The first-order valence-electron chi connectivity index (χ1n) is 8.27. The van der Waals surface area contributed by atoms with Gasteiger partial charge in [0.15, 0.2) is 0 Å². The Labute approximate surface area is 130 Å². The molecule has 0 spiro atoms. The van der Waals surface area contributed by atoms with Crippen molar-refractivity contribution in [1.82, 2.24) is 4.90 Å². The van der Waals surface area contributed by atoms with Crippen LogP contribution in [0.5, 0.6) is 0 Å². The van der Waals surface area contributed by atoms with Crippen LogP contribution in [0.4, 0.5) is 0 Å². The number of hydrogen-bond donors (Lipinski definition) is 2. The molecule has 0 aromatic heterocycles. The third kappa shape index (κ3) is 4.80. The second-order valence-corrected chi connectivity index (χ2v) is 5.86. The van der Waals surface area contributed by atoms with Crippen LogP contribution in [0, 0.1) is 6.92 Å². The molecular formula is C18H32N2O. The van der Waals surface area contributed by atoms with E-state index < -0.39 is 0 Å². The van der Waals surface area contributed by atoms with E-state index in [4.69, 9.17) is 5.73 Å². The number of hydrogen-bond acceptors (Lipinski definition) is 3. The predicted molar refractivity (Wildman–Crippen MR) is 90.3 cm³/mol. The van der Waals surface area contributed by atoms with Gasteiger partial charge < -0.3 is 10.8 Å². The van der Waals surface area contributed by atoms with E-state index in [1.807, 2.05) is 0 Å². The van der Waals surface area contributed by atoms with E-state index in [0.29, 0.717) is 12.6 Å². The molecule has 2 atom stereocenters. The van der Waals surface area contributed by atoms with Crippen LogP contribution in [0.15, 0.2) is 24.3 Å². The summed E-state index contributed by atoms with van der Waals surface area (Å²) in [6, 6.07) is 9.38. The molecule has 0 saturated carbocycles. The molecule has 0 aliphatic carbocycles. The molecule has 2 unspecified atom stereocenters. The van der Waals surface area contributed by atoms with Crippen molar-refractivity contribution < 1.29 is 5.11 Å². The molecule has 1 aromatic rings. The van der Waals surface area contributed by atoms with Crippen molar-refractivity contribution in [1.29, 1.82) is 0 Å². The van der Waals surface area contributed by atoms with Gasteiger partial charge in [-0.3, -0.25) is 4.90 Å². The molecule has 0 aliphatic rings. The van der Waals surface area contributed by atoms with Crippen molar-refractivity contribution in [3.8, 4) is 0 Å². The quantitative estimate of drug-likeness (QED) is 0.734. The summed E-state index contributed by atoms with van der Waals surface area (Å²) in [6.07, 6.45) is 3.09. The minimum absolute atomic E-state index is 0.0832. The fourth-order valence-corrected chi connectivity index (χ4v) is 3.09. The van der Waals surface area contributed by atoms with Crippen molar-refractivity contribution >= 4 is 0 Å². The average molecular weight is 292 g/mol. The Morgan fingerprint density at radius 1 is 1.05 bits per heavy atom. The van der Waals surface area contributed by atoms with Crippen LogP contribution in [0.2, 0.25) is 0 Å². The van der Waals surface area contributed by atoms with E-state index in [2.05, 4.69) is 56.9 Å². The summed E-state index contributed by atoms with van der Waals surface area (Å²) < 4.78 is 0. The van der Waals surface area contributed by atoms with Crippen molar-refractivity contribution in [2.45, 2.75) is 65.1 Å². The zero-order valence-corrected chi connectivity index (χ0v) is 14.0. The fraction of sp³-hybridized carbons (Fsp3) is 0.667. The number of nitrogens with two attached hydrogens (primary N) is 1. The Morgan fingerprint density at radius 3 is 2.05 bits per heavy atom. The molecule has 0 radical (unpaired) electrons. The topological polar surface area (TPSA) is 49.5 Å². The summed E-state index contributed by atoms with van der Waals surface area (Å²) in [7, 11) is 0. The van der Waals surface area contributed by atoms with Gasteiger partial charge in [-0.2, -0.15) is 0 Å². The van der Waals surface area contributed by atoms with Crippen LogP contribution >= 0.6 is 0 Å². The Bertz CT molecular complexity index is 387. The maximum Gasteiger partial charge on any atom is 0.0558 e. The maximum absolute atomic E-state index is 9.49. The molecule has 21 heavy (non-hydrogen) atoms. The first-order chi connectivity index (χ1) is 10.1. The van der Waals surface area contributed by atoms with Gasteiger partial charge in [-0.05, 0) is 31.7 Å². The van der Waals surface area contributed by atoms with Crippen molar-refractivity contribution in [2.75, 3.05) is 13.2 Å². The summed E-state index contributed by atoms with van der Waals surface area (Å²) in [5.74, 6) is 0. The number of aliphatic hydroxyl groups excluding tert-OH is 1. The molecule has 120 valence electrons. The second kappa shape index (κ2) is 9.19. The largest absolute Gasteiger partial charge is 0.395 e. The summed E-state index contributed by atoms with van der Waals surface area (Å²) >= 11 is 0. The highest BCUT2D eigenvalue weighted by molar-refractivity contribution is 5.25. The maximum atomic E-state index is 9.49. The van der Waals surface area contributed by atoms with E-state index in [1.165, 1.54) is 11.1 Å². The minimum Gasteiger partial charge on any atom is -0.395 e. The highest BCUT2D eigenvalue weighted by Gasteiger charge is 2.29. The van der Waals surface area contributed by atoms with E-state index in [1.54, 1.807) is 0 Å². The first kappa shape index (κ1) is 18.1. The fourth-order valence-electron chi connectivity index (χ4n) is 3.09. The molecular weight excluding hydrogens is 260 g/mol. The monoisotopic (exact) mass is 292 g/mol. The SMILES string of the molecule is CCC(N)C(c1ccc(C)cc1)N(CCO)C(CC)CC. The van der Waals surface area contributed by atoms with Crippen LogP contribution in [0.25, 0.3) is 0 Å². The molecule has 0 heterocycles. The Kier molecular flexibility index (Phi) is 7.94. The lowest BCUT2D eigenvalue weighted by atomic mass is 9.93. The Balaban J connectivity index is 3.15. The van der Waals surface area contributed by atoms with Crippen LogP contribution in [0.1, 0.15) is 57.2 Å². The van der Waals surface area contributed by atoms with E-state index in [-0.39, 0.29) is 18.7 Å². The summed E-state index contributed by atoms with van der Waals surface area (Å²) in [5.41, 5.74) is 8.96. The van der Waals surface area contributed by atoms with Gasteiger partial charge in [0.1, 0.15) is 0 Å². The highest BCUT2D eigenvalue weighted by Crippen LogP contribution is 2.29. The molecule has 3 N–H and O–H groups in total. The van der Waals surface area contributed by atoms with Gasteiger partial charge in [0.05, 0.1) is 12.6 Å². The number of aliphatic hydroxyl groups is 1. The number of aryl methyl sites for hydroxylation is 1. The van der Waals surface area contributed by atoms with Gasteiger partial charge in [0, 0.05) is 18.6 Å². The molecule has 0 fully saturated rings. The standard InChI is InChI=1S/C18H32N2O/c1-5-16(6-2)20(12-13-21)18(17(19)7-3)15-10-8-14(4)9-11-15/h8-11,16-18,21H,5-7,12-13,19H2,1-4H3. The molecule has 0 saturated heterocycles. The van der Waals surface area contributed by atoms with Crippen LogP contribution in [0.3, 0.4) is 0 Å². The van der Waals surface area contributed by atoms with Gasteiger partial charge >= 0.3 is 0 Å². The molecule has 1 aromatic carbocycles. The van der Waals surface area contributed by atoms with E-state index >= 15 is 0 Å². The minimum atomic E-state index is 0.0832. The number of rotatable bonds is 9. The lowest BCUT2D eigenvalue weighted by Crippen LogP contribution is -2.47. The third-order valence-electron chi connectivity index (χ3n) is 4.42. The van der Waals surface area contributed by atoms with Crippen molar-refractivity contribution in [3.05, 3.63) is 35.4 Å². The van der Waals surface area contributed by atoms with Gasteiger partial charge in [-0.25, -0.2) is 0 Å². The van der Waals surface area contributed by atoms with Gasteiger partial charge in [0.25, 0.3) is 0 Å². The smallest absolute Gasteiger partial charge is 0.0558 e. The zero-order chi connectivity index (χ0) is 15.8. The lowest BCUT2D eigenvalue weighted by molar-refractivity contribution is 0.0814. The molecule has 0 amide bonds. The lowest BCUT2D eigenvalue weighted by Gasteiger charge is -2.40. The van der Waals surface area contributed by atoms with Crippen LogP contribution in [-0.4, -0.2) is 35.2 Å². The highest BCUT2D eigenvalue weighted by atomic mass is 16.3.